The fourth-order valence-electron chi connectivity index (χ4n) is 0.870. The van der Waals surface area contributed by atoms with Gasteiger partial charge < -0.3 is 10.4 Å². The van der Waals surface area contributed by atoms with Crippen LogP contribution in [0.3, 0.4) is 0 Å². The van der Waals surface area contributed by atoms with Crippen molar-refractivity contribution in [3.8, 4) is 0 Å². The van der Waals surface area contributed by atoms with Crippen molar-refractivity contribution >= 4 is 11.6 Å². The summed E-state index contributed by atoms with van der Waals surface area (Å²) >= 11 is 0. The fourth-order valence-corrected chi connectivity index (χ4v) is 0.870. The number of hydrogen-bond donors (Lipinski definition) is 2. The van der Waals surface area contributed by atoms with Crippen LogP contribution in [0.4, 0.5) is 5.69 Å². The standard InChI is InChI=1S/C9H12N2O2/c1-6-5-8(3-4-10-6)11-9(13)7(2)12/h3-5,7,12H,1-2H3,(H,10,11,13)/t7-/m0/s1. The molecule has 13 heavy (non-hydrogen) atoms. The topological polar surface area (TPSA) is 62.2 Å². The van der Waals surface area contributed by atoms with E-state index >= 15 is 0 Å². The first kappa shape index (κ1) is 9.67. The number of aromatic nitrogens is 1. The average molecular weight is 180 g/mol. The number of amides is 1. The molecule has 1 atom stereocenters. The van der Waals surface area contributed by atoms with Crippen molar-refractivity contribution < 1.29 is 9.90 Å². The summed E-state index contributed by atoms with van der Waals surface area (Å²) in [6.45, 7) is 3.25. The minimum atomic E-state index is -0.992. The van der Waals surface area contributed by atoms with Crippen molar-refractivity contribution in [2.45, 2.75) is 20.0 Å². The molecule has 0 saturated carbocycles. The molecule has 4 heteroatoms. The van der Waals surface area contributed by atoms with Crippen LogP contribution in [0, 0.1) is 6.92 Å². The van der Waals surface area contributed by atoms with Gasteiger partial charge in [0, 0.05) is 17.6 Å². The molecule has 1 aromatic rings. The van der Waals surface area contributed by atoms with Crippen molar-refractivity contribution in [1.82, 2.24) is 4.98 Å². The quantitative estimate of drug-likeness (QED) is 0.704. The Kier molecular flexibility index (Phi) is 2.97. The lowest BCUT2D eigenvalue weighted by molar-refractivity contribution is -0.123. The minimum absolute atomic E-state index is 0.411. The zero-order valence-electron chi connectivity index (χ0n) is 7.61. The van der Waals surface area contributed by atoms with E-state index in [1.807, 2.05) is 6.92 Å². The van der Waals surface area contributed by atoms with Crippen LogP contribution >= 0.6 is 0 Å². The molecule has 1 heterocycles. The molecular weight excluding hydrogens is 168 g/mol. The molecule has 0 radical (unpaired) electrons. The molecular formula is C9H12N2O2. The molecule has 0 bridgehead atoms. The summed E-state index contributed by atoms with van der Waals surface area (Å²) in [7, 11) is 0. The summed E-state index contributed by atoms with van der Waals surface area (Å²) < 4.78 is 0. The summed E-state index contributed by atoms with van der Waals surface area (Å²) in [6, 6.07) is 3.41. The third-order valence-electron chi connectivity index (χ3n) is 1.54. The van der Waals surface area contributed by atoms with Crippen LogP contribution in [-0.2, 0) is 4.79 Å². The van der Waals surface area contributed by atoms with Crippen molar-refractivity contribution in [3.05, 3.63) is 24.0 Å². The number of nitrogens with zero attached hydrogens (tertiary/aromatic N) is 1. The molecule has 0 unspecified atom stereocenters. The number of aliphatic hydroxyl groups excluding tert-OH is 1. The third kappa shape index (κ3) is 2.83. The Morgan fingerprint density at radius 1 is 1.69 bits per heavy atom. The number of carbonyl (C=O) groups excluding carboxylic acids is 1. The Labute approximate surface area is 76.6 Å². The molecule has 4 nitrogen and oxygen atoms in total. The van der Waals surface area contributed by atoms with Crippen LogP contribution in [-0.4, -0.2) is 22.1 Å². The Balaban J connectivity index is 2.69. The van der Waals surface area contributed by atoms with Crippen LogP contribution in [0.25, 0.3) is 0 Å². The number of rotatable bonds is 2. The first-order valence-corrected chi connectivity index (χ1v) is 4.01. The van der Waals surface area contributed by atoms with E-state index in [4.69, 9.17) is 5.11 Å². The maximum Gasteiger partial charge on any atom is 0.252 e. The van der Waals surface area contributed by atoms with Crippen LogP contribution in [0.5, 0.6) is 0 Å². The van der Waals surface area contributed by atoms with Gasteiger partial charge in [0.25, 0.3) is 5.91 Å². The molecule has 1 amide bonds. The second-order valence-electron chi connectivity index (χ2n) is 2.85. The number of nitrogens with one attached hydrogen (secondary N) is 1. The van der Waals surface area contributed by atoms with Gasteiger partial charge in [0.15, 0.2) is 0 Å². The Morgan fingerprint density at radius 3 is 2.92 bits per heavy atom. The van der Waals surface area contributed by atoms with Gasteiger partial charge in [0.2, 0.25) is 0 Å². The van der Waals surface area contributed by atoms with Crippen LogP contribution in [0.2, 0.25) is 0 Å². The maximum absolute atomic E-state index is 11.0. The van der Waals surface area contributed by atoms with Gasteiger partial charge in [0.1, 0.15) is 6.10 Å². The van der Waals surface area contributed by atoms with E-state index in [0.29, 0.717) is 5.69 Å². The summed E-state index contributed by atoms with van der Waals surface area (Å²) in [4.78, 5) is 15.0. The summed E-state index contributed by atoms with van der Waals surface area (Å²) in [5.41, 5.74) is 1.47. The molecule has 2 N–H and O–H groups in total. The SMILES string of the molecule is Cc1cc(NC(=O)[C@H](C)O)ccn1. The monoisotopic (exact) mass is 180 g/mol. The fraction of sp³-hybridized carbons (Fsp3) is 0.333. The highest BCUT2D eigenvalue weighted by atomic mass is 16.3. The van der Waals surface area contributed by atoms with E-state index < -0.39 is 12.0 Å². The van der Waals surface area contributed by atoms with E-state index in [2.05, 4.69) is 10.3 Å². The second kappa shape index (κ2) is 4.00. The zero-order valence-corrected chi connectivity index (χ0v) is 7.61. The number of carbonyl (C=O) groups is 1. The van der Waals surface area contributed by atoms with Gasteiger partial charge >= 0.3 is 0 Å². The first-order valence-electron chi connectivity index (χ1n) is 4.01. The Morgan fingerprint density at radius 2 is 2.38 bits per heavy atom. The maximum atomic E-state index is 11.0. The number of aliphatic hydroxyl groups is 1. The van der Waals surface area contributed by atoms with E-state index in [1.54, 1.807) is 18.3 Å². The highest BCUT2D eigenvalue weighted by molar-refractivity contribution is 5.93. The second-order valence-corrected chi connectivity index (χ2v) is 2.85. The molecule has 0 aliphatic rings. The molecule has 0 spiro atoms. The van der Waals surface area contributed by atoms with Crippen LogP contribution < -0.4 is 5.32 Å². The predicted octanol–water partition coefficient (Wildman–Crippen LogP) is 0.709. The van der Waals surface area contributed by atoms with Gasteiger partial charge in [-0.25, -0.2) is 0 Å². The molecule has 70 valence electrons. The van der Waals surface area contributed by atoms with Gasteiger partial charge in [-0.1, -0.05) is 0 Å². The molecule has 0 aromatic carbocycles. The normalized spacial score (nSPS) is 12.2. The van der Waals surface area contributed by atoms with Crippen molar-refractivity contribution in [3.63, 3.8) is 0 Å². The first-order chi connectivity index (χ1) is 6.09. The molecule has 0 saturated heterocycles. The highest BCUT2D eigenvalue weighted by Crippen LogP contribution is 2.07. The minimum Gasteiger partial charge on any atom is -0.384 e. The van der Waals surface area contributed by atoms with E-state index in [9.17, 15) is 4.79 Å². The summed E-state index contributed by atoms with van der Waals surface area (Å²) in [5, 5.41) is 11.5. The van der Waals surface area contributed by atoms with Crippen molar-refractivity contribution in [2.24, 2.45) is 0 Å². The molecule has 0 aliphatic carbocycles. The number of hydrogen-bond acceptors (Lipinski definition) is 3. The van der Waals surface area contributed by atoms with Gasteiger partial charge in [-0.3, -0.25) is 9.78 Å². The van der Waals surface area contributed by atoms with Gasteiger partial charge in [0.05, 0.1) is 0 Å². The summed E-state index contributed by atoms with van der Waals surface area (Å²) in [5.74, 6) is -0.411. The largest absolute Gasteiger partial charge is 0.384 e. The number of pyridine rings is 1. The lowest BCUT2D eigenvalue weighted by Gasteiger charge is -2.06. The Bertz CT molecular complexity index is 310. The molecule has 1 rings (SSSR count). The molecule has 1 aromatic heterocycles. The van der Waals surface area contributed by atoms with E-state index in [0.717, 1.165) is 5.69 Å². The molecule has 0 aliphatic heterocycles. The third-order valence-corrected chi connectivity index (χ3v) is 1.54. The lowest BCUT2D eigenvalue weighted by atomic mass is 10.3. The zero-order chi connectivity index (χ0) is 9.84. The van der Waals surface area contributed by atoms with E-state index in [1.165, 1.54) is 6.92 Å². The molecule has 0 fully saturated rings. The smallest absolute Gasteiger partial charge is 0.252 e. The number of anilines is 1. The van der Waals surface area contributed by atoms with Crippen LogP contribution in [0.1, 0.15) is 12.6 Å². The van der Waals surface area contributed by atoms with Gasteiger partial charge in [-0.2, -0.15) is 0 Å². The highest BCUT2D eigenvalue weighted by Gasteiger charge is 2.08. The predicted molar refractivity (Wildman–Crippen MR) is 49.3 cm³/mol. The van der Waals surface area contributed by atoms with Crippen LogP contribution in [0.15, 0.2) is 18.3 Å². The average Bonchev–Trinajstić information content (AvgIpc) is 2.04. The van der Waals surface area contributed by atoms with Gasteiger partial charge in [-0.15, -0.1) is 0 Å². The number of aryl methyl sites for hydroxylation is 1. The van der Waals surface area contributed by atoms with Crippen molar-refractivity contribution in [1.29, 1.82) is 0 Å². The van der Waals surface area contributed by atoms with E-state index in [-0.39, 0.29) is 0 Å². The van der Waals surface area contributed by atoms with Gasteiger partial charge in [-0.05, 0) is 26.0 Å². The lowest BCUT2D eigenvalue weighted by Crippen LogP contribution is -2.24. The van der Waals surface area contributed by atoms with Crippen molar-refractivity contribution in [2.75, 3.05) is 5.32 Å². The summed E-state index contributed by atoms with van der Waals surface area (Å²) in [6.07, 6.45) is 0.612. The Hall–Kier alpha value is -1.42.